The number of methoxy groups -OCH3 is 3. The third-order valence-corrected chi connectivity index (χ3v) is 22.7. The van der Waals surface area contributed by atoms with Crippen molar-refractivity contribution >= 4 is 125 Å². The first kappa shape index (κ1) is 87.5. The Morgan fingerprint density at radius 3 is 1.49 bits per heavy atom. The fourth-order valence-electron chi connectivity index (χ4n) is 15.0. The number of aliphatic carboxylic acids is 1. The van der Waals surface area contributed by atoms with E-state index < -0.39 is 112 Å². The number of ketones is 1. The number of nitrogens with two attached hydrogens (primary N) is 1. The van der Waals surface area contributed by atoms with Crippen LogP contribution in [-0.4, -0.2) is 200 Å². The van der Waals surface area contributed by atoms with Crippen LogP contribution in [0.15, 0.2) is 67.1 Å². The van der Waals surface area contributed by atoms with Crippen molar-refractivity contribution in [3.63, 3.8) is 0 Å². The number of hydrogen-bond acceptors (Lipinski definition) is 20. The van der Waals surface area contributed by atoms with Crippen LogP contribution in [-0.2, 0) is 33.5 Å². The number of aromatic nitrogens is 3. The predicted octanol–water partition coefficient (Wildman–Crippen LogP) is 10.2. The highest BCUT2D eigenvalue weighted by Crippen LogP contribution is 2.47. The summed E-state index contributed by atoms with van der Waals surface area (Å²) in [5.74, 6) is -2.80. The predicted molar refractivity (Wildman–Crippen MR) is 441 cm³/mol. The minimum atomic E-state index is -1.50. The van der Waals surface area contributed by atoms with Crippen molar-refractivity contribution in [2.45, 2.75) is 232 Å². The quantitative estimate of drug-likeness (QED) is 0.00808. The van der Waals surface area contributed by atoms with Gasteiger partial charge in [-0.25, -0.2) is 34.1 Å². The highest BCUT2D eigenvalue weighted by molar-refractivity contribution is 9.09. The zero-order chi connectivity index (χ0) is 82.9. The number of carboxylic acid groups (broad SMARTS) is 1. The number of benzene rings is 2. The van der Waals surface area contributed by atoms with Crippen LogP contribution in [0.5, 0.6) is 23.0 Å². The number of halogens is 1. The number of aryl methyl sites for hydroxylation is 2. The number of ether oxygens (including phenoxy) is 5. The molecule has 6 aliphatic rings. The van der Waals surface area contributed by atoms with E-state index in [1.54, 1.807) is 32.4 Å². The van der Waals surface area contributed by atoms with Crippen molar-refractivity contribution in [2.24, 2.45) is 28.4 Å². The molecule has 5 aromatic rings. The second-order valence-electron chi connectivity index (χ2n) is 32.8. The molecule has 6 fully saturated rings. The average molecular weight is 1660 g/mol. The van der Waals surface area contributed by atoms with Gasteiger partial charge in [-0.05, 0) is 126 Å². The third-order valence-electron chi connectivity index (χ3n) is 21.3. The number of pyridine rings is 2. The molecule has 32 heteroatoms. The lowest BCUT2D eigenvalue weighted by Crippen LogP contribution is -2.60. The lowest BCUT2D eigenvalue weighted by molar-refractivity contribution is -0.148. The normalized spacial score (nSPS) is 22.4. The van der Waals surface area contributed by atoms with E-state index in [0.717, 1.165) is 67.6 Å². The molecule has 0 bridgehead atoms. The smallest absolute Gasteiger partial charge is 0.332 e. The minimum Gasteiger partial charge on any atom is -0.496 e. The summed E-state index contributed by atoms with van der Waals surface area (Å²) in [7, 11) is 4.40. The number of thiazole rings is 1. The van der Waals surface area contributed by atoms with E-state index in [0.29, 0.717) is 73.8 Å². The fourth-order valence-corrected chi connectivity index (χ4v) is 16.4. The topological polar surface area (TPSA) is 387 Å². The van der Waals surface area contributed by atoms with Crippen LogP contribution in [0.2, 0.25) is 0 Å². The largest absolute Gasteiger partial charge is 0.496 e. The van der Waals surface area contributed by atoms with Gasteiger partial charge in [0.2, 0.25) is 23.6 Å². The zero-order valence-corrected chi connectivity index (χ0v) is 70.5. The van der Waals surface area contributed by atoms with E-state index >= 15 is 0 Å². The molecule has 0 radical (unpaired) electrons. The van der Waals surface area contributed by atoms with Gasteiger partial charge in [0.05, 0.1) is 56.5 Å². The molecule has 10 atom stereocenters. The van der Waals surface area contributed by atoms with Gasteiger partial charge in [-0.2, -0.15) is 0 Å². The number of carbonyl (C=O) groups excluding carboxylic acids is 8. The number of urea groups is 2. The van der Waals surface area contributed by atoms with E-state index in [4.69, 9.17) is 39.4 Å². The Bertz CT molecular complexity index is 4420. The first-order valence-corrected chi connectivity index (χ1v) is 40.9. The van der Waals surface area contributed by atoms with E-state index in [1.165, 1.54) is 34.3 Å². The lowest BCUT2D eigenvalue weighted by atomic mass is 9.85. The van der Waals surface area contributed by atoms with Gasteiger partial charge in [-0.1, -0.05) is 95.3 Å². The number of hydrogen-bond donors (Lipinski definition) is 10. The Labute approximate surface area is 678 Å². The van der Waals surface area contributed by atoms with Crippen LogP contribution in [0.25, 0.3) is 33.2 Å². The van der Waals surface area contributed by atoms with Crippen molar-refractivity contribution in [2.75, 3.05) is 45.1 Å². The maximum atomic E-state index is 14.6. The molecular formula is C81H111BrN14O15S2. The minimum absolute atomic E-state index is 0.00773. The summed E-state index contributed by atoms with van der Waals surface area (Å²) >= 11 is 9.23. The van der Waals surface area contributed by atoms with Crippen LogP contribution >= 0.6 is 39.5 Å². The van der Waals surface area contributed by atoms with Gasteiger partial charge in [0.25, 0.3) is 0 Å². The Hall–Kier alpha value is -9.43. The monoisotopic (exact) mass is 1660 g/mol. The Balaban J connectivity index is 0.000000239. The van der Waals surface area contributed by atoms with Crippen LogP contribution in [0.4, 0.5) is 14.7 Å². The number of anilines is 1. The third kappa shape index (κ3) is 21.1. The van der Waals surface area contributed by atoms with Crippen LogP contribution in [0.1, 0.15) is 168 Å². The number of fused-ring (bicyclic) bond motifs is 2. The van der Waals surface area contributed by atoms with E-state index in [-0.39, 0.29) is 73.2 Å². The molecule has 0 unspecified atom stereocenters. The highest BCUT2D eigenvalue weighted by Gasteiger charge is 2.63. The van der Waals surface area contributed by atoms with E-state index in [1.807, 2.05) is 113 Å². The van der Waals surface area contributed by atoms with Gasteiger partial charge in [-0.15, -0.1) is 24.5 Å². The number of thiocarbonyl (C=S) groups is 1. The summed E-state index contributed by atoms with van der Waals surface area (Å²) in [5, 5.41) is 38.1. The molecule has 5 heterocycles. The Morgan fingerprint density at radius 1 is 0.646 bits per heavy atom. The summed E-state index contributed by atoms with van der Waals surface area (Å²) in [6, 6.07) is 6.33. The Morgan fingerprint density at radius 2 is 1.10 bits per heavy atom. The van der Waals surface area contributed by atoms with E-state index in [9.17, 15) is 48.3 Å². The maximum absolute atomic E-state index is 14.6. The molecule has 2 aliphatic heterocycles. The van der Waals surface area contributed by atoms with Gasteiger partial charge in [-0.3, -0.25) is 24.0 Å². The first-order chi connectivity index (χ1) is 53.3. The summed E-state index contributed by atoms with van der Waals surface area (Å²) in [4.78, 5) is 139. The fraction of sp³-hybridized carbons (Fsp3) is 0.568. The number of carbonyl (C=O) groups is 9. The van der Waals surface area contributed by atoms with Crippen LogP contribution in [0.3, 0.4) is 0 Å². The standard InChI is InChI=1S/C40H53N7O7S.C37H48BrN5O8.C4H10N2S/c1-9-23-18-40(23,36(50)51)46-34(48)30-15-25(19-47(30)35(49)33(39(5,6)7)45-37(52)42-24-12-10-11-13-24)54-32-17-28(29-20-55-38(44-29)41-21(2)3)43-27-16-31(53-8)22(4)14-26(27)32;1-8-21-17-37(21,34(47)50-7)42-32(45)27-14-23(19-43(27)33(46)31(36(3,4)5)41-35(48)39-22-11-9-10-12-22)51-30-16-26(28(44)18-38)40-25-15-29(49-6)20(2)13-24(25)30;1-3(2)6-4(5)7/h9,14,16-17,20-21,23-25,30,33H,1,10-13,15,18-19H2,2-8H3,(H,41,44)(H,46,48)(H,50,51)(H2,42,45,52);8,13,15-16,21-23,27,31H,1,9-12,14,17-19H2,2-7H3,(H,42,45)(H2,39,41,48);3H,1-2H3,(H3,5,6,7)/t23-,25-,30+,33-,40-;21-,23-,27+,31-,37-;/m11./s1. The number of nitrogens with zero attached hydrogens (tertiary/aromatic N) is 5. The summed E-state index contributed by atoms with van der Waals surface area (Å²) < 4.78 is 29.5. The van der Waals surface area contributed by atoms with Crippen molar-refractivity contribution < 1.29 is 71.9 Å². The van der Waals surface area contributed by atoms with Gasteiger partial charge in [0, 0.05) is 89.3 Å². The number of amides is 8. The summed E-state index contributed by atoms with van der Waals surface area (Å²) in [6.07, 6.45) is 10.0. The van der Waals surface area contributed by atoms with Gasteiger partial charge >= 0.3 is 24.0 Å². The molecular weight excluding hydrogens is 1550 g/mol. The number of rotatable bonds is 26. The molecule has 2 aromatic carbocycles. The number of nitrogens with one attached hydrogen (secondary N) is 8. The molecule has 8 amide bonds. The van der Waals surface area contributed by atoms with Gasteiger partial charge in [0.1, 0.15) is 81.8 Å². The van der Waals surface area contributed by atoms with E-state index in [2.05, 4.69) is 88.8 Å². The SMILES string of the molecule is C=C[C@@H]1C[C@]1(NC(=O)[C@@H]1C[C@@H](Oc2cc(-c3csc(NC(C)C)n3)nc3cc(OC)c(C)cc23)CN1C(=O)[C@@H](NC(=O)NC1CCCC1)C(C)(C)C)C(=O)O.C=C[C@@H]1C[C@]1(NC(=O)[C@@H]1C[C@@H](Oc2cc(C(=O)CBr)nc3cc(OC)c(C)cc23)CN1C(=O)[C@@H](NC(=O)NC1CCCC1)C(C)(C)C)C(=O)OC.CC(C)NC(N)=S. The molecule has 113 heavy (non-hydrogen) atoms. The second-order valence-corrected chi connectivity index (χ2v) is 34.7. The number of esters is 1. The van der Waals surface area contributed by atoms with Crippen molar-refractivity contribution in [1.29, 1.82) is 0 Å². The average Bonchev–Trinajstić information content (AvgIpc) is 1.57. The maximum Gasteiger partial charge on any atom is 0.332 e. The molecule has 4 aliphatic carbocycles. The highest BCUT2D eigenvalue weighted by atomic mass is 79.9. The molecule has 4 saturated carbocycles. The van der Waals surface area contributed by atoms with Crippen molar-refractivity contribution in [1.82, 2.24) is 62.0 Å². The number of Topliss-reactive ketones (excluding diaryl/α,β-unsaturated/α-hetero) is 1. The molecule has 2 saturated heterocycles. The summed E-state index contributed by atoms with van der Waals surface area (Å²) in [6.45, 7) is 30.5. The number of alkyl halides is 1. The van der Waals surface area contributed by atoms with Crippen LogP contribution < -0.4 is 67.2 Å². The zero-order valence-electron chi connectivity index (χ0n) is 67.3. The van der Waals surface area contributed by atoms with Gasteiger partial charge in [0.15, 0.2) is 16.0 Å². The Kier molecular flexibility index (Phi) is 28.5. The van der Waals surface area contributed by atoms with Gasteiger partial charge < -0.3 is 86.9 Å². The van der Waals surface area contributed by atoms with Crippen molar-refractivity contribution in [3.05, 3.63) is 83.9 Å². The number of likely N-dealkylation sites (tertiary alicyclic amines) is 2. The van der Waals surface area contributed by atoms with Crippen LogP contribution in [0, 0.1) is 36.5 Å². The molecule has 29 nitrogen and oxygen atoms in total. The number of carboxylic acids is 1. The molecule has 0 spiro atoms. The first-order valence-electron chi connectivity index (χ1n) is 38.5. The molecule has 11 N–H and O–H groups in total. The second kappa shape index (κ2) is 36.8. The van der Waals surface area contributed by atoms with Crippen molar-refractivity contribution in [3.8, 4) is 34.4 Å². The molecule has 11 rings (SSSR count). The summed E-state index contributed by atoms with van der Waals surface area (Å²) in [5.41, 5.74) is 5.03. The lowest BCUT2D eigenvalue weighted by Gasteiger charge is -2.35. The molecule has 614 valence electrons. The molecule has 3 aromatic heterocycles.